The molecule has 4 aliphatic rings. The summed E-state index contributed by atoms with van der Waals surface area (Å²) in [5.74, 6) is -0.0554. The zero-order valence-corrected chi connectivity index (χ0v) is 27.1. The lowest BCUT2D eigenvalue weighted by molar-refractivity contribution is -0.279. The fourth-order valence-electron chi connectivity index (χ4n) is 9.75. The van der Waals surface area contributed by atoms with Crippen LogP contribution >= 0.6 is 0 Å². The van der Waals surface area contributed by atoms with Gasteiger partial charge in [0.1, 0.15) is 18.3 Å². The molecule has 1 aliphatic heterocycles. The predicted octanol–water partition coefficient (Wildman–Crippen LogP) is 5.00. The lowest BCUT2D eigenvalue weighted by Gasteiger charge is -2.64. The van der Waals surface area contributed by atoms with Gasteiger partial charge in [-0.1, -0.05) is 57.2 Å². The van der Waals surface area contributed by atoms with E-state index < -0.39 is 42.3 Å². The number of carboxylic acids is 1. The fraction of sp³-hybridized carbons (Fsp3) is 0.800. The van der Waals surface area contributed by atoms with E-state index in [1.165, 1.54) is 0 Å². The number of hydrogen-bond acceptors (Lipinski definition) is 7. The van der Waals surface area contributed by atoms with E-state index in [-0.39, 0.29) is 52.9 Å². The van der Waals surface area contributed by atoms with E-state index in [9.17, 15) is 30.3 Å². The van der Waals surface area contributed by atoms with Gasteiger partial charge in [0.25, 0.3) is 0 Å². The molecule has 4 rings (SSSR count). The largest absolute Gasteiger partial charge is 0.481 e. The number of rotatable bonds is 11. The fourth-order valence-corrected chi connectivity index (χ4v) is 9.75. The maximum absolute atomic E-state index is 12.0. The number of carbonyl (C=O) groups is 1. The Hall–Kier alpha value is -1.55. The highest BCUT2D eigenvalue weighted by atomic mass is 16.7. The van der Waals surface area contributed by atoms with Gasteiger partial charge in [0.05, 0.1) is 18.3 Å². The monoisotopic (exact) mass is 604 g/mol. The van der Waals surface area contributed by atoms with Crippen molar-refractivity contribution < 1.29 is 39.8 Å². The Kier molecular flexibility index (Phi) is 9.84. The van der Waals surface area contributed by atoms with Crippen LogP contribution in [0.3, 0.4) is 0 Å². The average Bonchev–Trinajstić information content (AvgIpc) is 3.28. The molecular formula is C35H56O8. The molecule has 8 nitrogen and oxygen atoms in total. The third-order valence-corrected chi connectivity index (χ3v) is 12.6. The summed E-state index contributed by atoms with van der Waals surface area (Å²) < 4.78 is 11.5. The lowest BCUT2D eigenvalue weighted by Crippen LogP contribution is -2.58. The van der Waals surface area contributed by atoms with Crippen LogP contribution in [0.1, 0.15) is 92.9 Å². The van der Waals surface area contributed by atoms with Crippen molar-refractivity contribution in [3.63, 3.8) is 0 Å². The number of hydrogen-bond donors (Lipinski definition) is 5. The number of ether oxygens (including phenoxy) is 2. The Bertz CT molecular complexity index is 1100. The molecule has 0 amide bonds. The van der Waals surface area contributed by atoms with Gasteiger partial charge in [-0.2, -0.15) is 0 Å². The summed E-state index contributed by atoms with van der Waals surface area (Å²) in [6.07, 6.45) is 4.78. The number of fused-ring (bicyclic) bond motifs is 3. The number of aliphatic carboxylic acids is 1. The molecule has 3 aliphatic carbocycles. The first kappa shape index (κ1) is 34.3. The summed E-state index contributed by atoms with van der Waals surface area (Å²) in [7, 11) is 0. The molecule has 0 bridgehead atoms. The van der Waals surface area contributed by atoms with Gasteiger partial charge in [-0.05, 0) is 106 Å². The van der Waals surface area contributed by atoms with E-state index in [1.54, 1.807) is 0 Å². The second-order valence-corrected chi connectivity index (χ2v) is 15.3. The molecule has 0 aromatic heterocycles. The molecule has 8 heteroatoms. The first-order valence-corrected chi connectivity index (χ1v) is 16.1. The van der Waals surface area contributed by atoms with Crippen molar-refractivity contribution in [1.82, 2.24) is 0 Å². The molecule has 1 heterocycles. The van der Waals surface area contributed by atoms with Crippen molar-refractivity contribution in [3.8, 4) is 0 Å². The molecule has 0 radical (unpaired) electrons. The topological polar surface area (TPSA) is 137 Å². The summed E-state index contributed by atoms with van der Waals surface area (Å²) in [5.41, 5.74) is 0.576. The Morgan fingerprint density at radius 1 is 1.07 bits per heavy atom. The molecule has 0 unspecified atom stereocenters. The van der Waals surface area contributed by atoms with Gasteiger partial charge in [0.2, 0.25) is 0 Å². The SMILES string of the molecule is C=C(C)[C@H](CC[C@](C)(O)[C@H]1CC[C@]2(C)[C@@H]1C=C[C@@H]1[C@@](C)(CCC(=O)O)[C@H](C(=C)C)CC[C@]12C)O[C@H]1OC[C@@H](O)[C@H](O)[C@@H]1O. The van der Waals surface area contributed by atoms with Crippen LogP contribution in [-0.2, 0) is 14.3 Å². The minimum atomic E-state index is -1.39. The standard InChI is InChI=1S/C35H56O8/c1-20(2)22-11-17-34(7)27(32(22,5)15-14-28(37)38)10-9-23-24(12-16-33(23,34)6)35(8,41)18-13-26(21(3)4)43-31-30(40)29(39)25(36)19-42-31/h9-10,22-27,29-31,36,39-41H,1,3,11-19H2,2,4-8H3,(H,37,38)/t22-,23+,24-,25+,26-,27+,29-,30-,31+,32-,33+,34+,35-/m0/s1. The maximum atomic E-state index is 12.0. The predicted molar refractivity (Wildman–Crippen MR) is 165 cm³/mol. The van der Waals surface area contributed by atoms with Gasteiger partial charge in [0.15, 0.2) is 6.29 Å². The van der Waals surface area contributed by atoms with Gasteiger partial charge in [0, 0.05) is 6.42 Å². The molecule has 43 heavy (non-hydrogen) atoms. The van der Waals surface area contributed by atoms with Crippen molar-refractivity contribution in [1.29, 1.82) is 0 Å². The van der Waals surface area contributed by atoms with Crippen LogP contribution in [-0.4, -0.2) is 74.4 Å². The third-order valence-electron chi connectivity index (χ3n) is 12.6. The molecule has 0 aromatic carbocycles. The van der Waals surface area contributed by atoms with Crippen LogP contribution < -0.4 is 0 Å². The van der Waals surface area contributed by atoms with Gasteiger partial charge in [-0.25, -0.2) is 0 Å². The highest BCUT2D eigenvalue weighted by molar-refractivity contribution is 5.66. The van der Waals surface area contributed by atoms with Gasteiger partial charge in [-0.15, -0.1) is 0 Å². The summed E-state index contributed by atoms with van der Waals surface area (Å²) in [4.78, 5) is 11.7. The van der Waals surface area contributed by atoms with Crippen LogP contribution in [0, 0.1) is 39.9 Å². The normalized spacial score (nSPS) is 44.6. The summed E-state index contributed by atoms with van der Waals surface area (Å²) in [6, 6.07) is 0. The zero-order chi connectivity index (χ0) is 32.1. The van der Waals surface area contributed by atoms with Crippen molar-refractivity contribution in [2.24, 2.45) is 39.9 Å². The van der Waals surface area contributed by atoms with Crippen LogP contribution in [0.2, 0.25) is 0 Å². The second kappa shape index (κ2) is 12.3. The minimum Gasteiger partial charge on any atom is -0.481 e. The lowest BCUT2D eigenvalue weighted by atomic mass is 9.40. The molecule has 3 fully saturated rings. The maximum Gasteiger partial charge on any atom is 0.303 e. The van der Waals surface area contributed by atoms with Gasteiger partial charge < -0.3 is 35.0 Å². The Morgan fingerprint density at radius 3 is 2.33 bits per heavy atom. The van der Waals surface area contributed by atoms with Crippen LogP contribution in [0.4, 0.5) is 0 Å². The highest BCUT2D eigenvalue weighted by Crippen LogP contribution is 2.72. The quantitative estimate of drug-likeness (QED) is 0.208. The number of aliphatic hydroxyl groups is 4. The molecule has 244 valence electrons. The average molecular weight is 605 g/mol. The van der Waals surface area contributed by atoms with E-state index in [2.05, 4.69) is 53.0 Å². The first-order valence-electron chi connectivity index (χ1n) is 16.1. The number of allylic oxidation sites excluding steroid dienone is 3. The summed E-state index contributed by atoms with van der Waals surface area (Å²) >= 11 is 0. The molecule has 1 saturated heterocycles. The van der Waals surface area contributed by atoms with Crippen molar-refractivity contribution in [3.05, 3.63) is 36.5 Å². The van der Waals surface area contributed by atoms with Crippen LogP contribution in [0.25, 0.3) is 0 Å². The minimum absolute atomic E-state index is 0.0370. The van der Waals surface area contributed by atoms with Crippen LogP contribution in [0.5, 0.6) is 0 Å². The van der Waals surface area contributed by atoms with E-state index in [4.69, 9.17) is 9.47 Å². The highest BCUT2D eigenvalue weighted by Gasteiger charge is 2.66. The second-order valence-electron chi connectivity index (χ2n) is 15.3. The van der Waals surface area contributed by atoms with E-state index in [0.29, 0.717) is 19.3 Å². The van der Waals surface area contributed by atoms with Crippen molar-refractivity contribution in [2.45, 2.75) is 129 Å². The van der Waals surface area contributed by atoms with Crippen LogP contribution in [0.15, 0.2) is 36.5 Å². The van der Waals surface area contributed by atoms with Gasteiger partial charge >= 0.3 is 5.97 Å². The third kappa shape index (κ3) is 6.05. The Morgan fingerprint density at radius 2 is 1.72 bits per heavy atom. The Labute approximate surface area is 257 Å². The van der Waals surface area contributed by atoms with Crippen molar-refractivity contribution in [2.75, 3.05) is 6.61 Å². The molecule has 0 aromatic rings. The van der Waals surface area contributed by atoms with E-state index >= 15 is 0 Å². The van der Waals surface area contributed by atoms with Gasteiger partial charge in [-0.3, -0.25) is 4.79 Å². The molecular weight excluding hydrogens is 548 g/mol. The molecule has 5 N–H and O–H groups in total. The van der Waals surface area contributed by atoms with E-state index in [0.717, 1.165) is 36.8 Å². The molecule has 2 saturated carbocycles. The Balaban J connectivity index is 1.54. The molecule has 0 spiro atoms. The van der Waals surface area contributed by atoms with Crippen molar-refractivity contribution >= 4 is 5.97 Å². The van der Waals surface area contributed by atoms with E-state index in [1.807, 2.05) is 13.8 Å². The number of aliphatic hydroxyl groups excluding tert-OH is 3. The first-order chi connectivity index (χ1) is 19.9. The smallest absolute Gasteiger partial charge is 0.303 e. The summed E-state index contributed by atoms with van der Waals surface area (Å²) in [6.45, 7) is 21.2. The summed E-state index contributed by atoms with van der Waals surface area (Å²) in [5, 5.41) is 51.9. The number of carboxylic acid groups (broad SMARTS) is 1. The molecule has 13 atom stereocenters. The zero-order valence-electron chi connectivity index (χ0n) is 27.1.